The van der Waals surface area contributed by atoms with Crippen LogP contribution >= 0.6 is 0 Å². The van der Waals surface area contributed by atoms with Crippen LogP contribution in [0.15, 0.2) is 66.7 Å². The number of nitrogens with zero attached hydrogens (tertiary/aromatic N) is 4. The van der Waals surface area contributed by atoms with Crippen LogP contribution in [0.4, 0.5) is 5.82 Å². The number of aromatic nitrogens is 4. The maximum Gasteiger partial charge on any atom is 0.254 e. The van der Waals surface area contributed by atoms with Crippen LogP contribution in [0.5, 0.6) is 0 Å². The van der Waals surface area contributed by atoms with Crippen LogP contribution in [-0.4, -0.2) is 44.8 Å². The van der Waals surface area contributed by atoms with Crippen molar-refractivity contribution in [1.82, 2.24) is 24.5 Å². The van der Waals surface area contributed by atoms with Gasteiger partial charge in [-0.25, -0.2) is 4.52 Å². The molecule has 1 saturated heterocycles. The van der Waals surface area contributed by atoms with Crippen molar-refractivity contribution >= 4 is 28.1 Å². The molecule has 9 nitrogen and oxygen atoms in total. The number of anilines is 1. The lowest BCUT2D eigenvalue weighted by molar-refractivity contribution is 0.0240. The third-order valence-electron chi connectivity index (χ3n) is 6.58. The monoisotopic (exact) mass is 481 g/mol. The molecular weight excluding hydrogens is 454 g/mol. The molecule has 2 aromatic carbocycles. The first-order chi connectivity index (χ1) is 17.6. The lowest BCUT2D eigenvalue weighted by Crippen LogP contribution is -2.34. The summed E-state index contributed by atoms with van der Waals surface area (Å²) in [6.07, 6.45) is -0.116. The van der Waals surface area contributed by atoms with Crippen LogP contribution in [0.3, 0.4) is 0 Å². The van der Waals surface area contributed by atoms with Crippen LogP contribution < -0.4 is 16.4 Å². The number of nitrogens with one attached hydrogen (secondary N) is 2. The van der Waals surface area contributed by atoms with E-state index < -0.39 is 5.91 Å². The minimum Gasteiger partial charge on any atom is -0.369 e. The topological polar surface area (TPSA) is 112 Å². The van der Waals surface area contributed by atoms with Gasteiger partial charge in [-0.3, -0.25) is 9.36 Å². The van der Waals surface area contributed by atoms with Gasteiger partial charge in [0.25, 0.3) is 5.95 Å². The van der Waals surface area contributed by atoms with Gasteiger partial charge in [-0.2, -0.15) is 4.98 Å². The van der Waals surface area contributed by atoms with Crippen molar-refractivity contribution in [3.05, 3.63) is 89.2 Å². The van der Waals surface area contributed by atoms with E-state index in [-0.39, 0.29) is 6.10 Å². The Morgan fingerprint density at radius 1 is 1.14 bits per heavy atom. The summed E-state index contributed by atoms with van der Waals surface area (Å²) in [6, 6.07) is 21.7. The Bertz CT molecular complexity index is 1570. The molecule has 4 heterocycles. The number of nitrogens with two attached hydrogens (primary N) is 1. The Morgan fingerprint density at radius 3 is 2.78 bits per heavy atom. The van der Waals surface area contributed by atoms with E-state index in [1.807, 2.05) is 64.5 Å². The van der Waals surface area contributed by atoms with Crippen LogP contribution in [0.1, 0.15) is 33.4 Å². The lowest BCUT2D eigenvalue weighted by atomic mass is 10.1. The highest BCUT2D eigenvalue weighted by atomic mass is 16.5. The average Bonchev–Trinajstić information content (AvgIpc) is 3.48. The van der Waals surface area contributed by atoms with Gasteiger partial charge in [-0.15, -0.1) is 5.10 Å². The quantitative estimate of drug-likeness (QED) is 0.343. The molecule has 36 heavy (non-hydrogen) atoms. The zero-order valence-electron chi connectivity index (χ0n) is 19.9. The molecule has 182 valence electrons. The number of carbonyl (C=O) groups is 1. The molecule has 0 bridgehead atoms. The number of hydrogen-bond donors (Lipinski definition) is 3. The van der Waals surface area contributed by atoms with E-state index in [0.29, 0.717) is 37.0 Å². The van der Waals surface area contributed by atoms with E-state index in [9.17, 15) is 4.79 Å². The molecular formula is C27H27N7O2. The molecule has 1 fully saturated rings. The zero-order chi connectivity index (χ0) is 24.6. The molecule has 9 heteroatoms. The van der Waals surface area contributed by atoms with E-state index >= 15 is 0 Å². The van der Waals surface area contributed by atoms with E-state index in [1.54, 1.807) is 6.07 Å². The number of morpholine rings is 1. The maximum atomic E-state index is 12.1. The summed E-state index contributed by atoms with van der Waals surface area (Å²) in [5.41, 5.74) is 10.8. The van der Waals surface area contributed by atoms with Crippen LogP contribution in [-0.2, 0) is 11.3 Å². The van der Waals surface area contributed by atoms with Gasteiger partial charge in [0.2, 0.25) is 5.91 Å². The summed E-state index contributed by atoms with van der Waals surface area (Å²) in [5.74, 6) is 0.744. The number of aryl methyl sites for hydroxylation is 1. The number of benzene rings is 2. The van der Waals surface area contributed by atoms with Crippen molar-refractivity contribution in [2.45, 2.75) is 19.6 Å². The predicted molar refractivity (Wildman–Crippen MR) is 138 cm³/mol. The second-order valence-electron chi connectivity index (χ2n) is 8.94. The summed E-state index contributed by atoms with van der Waals surface area (Å²) >= 11 is 0. The molecule has 0 saturated carbocycles. The first-order valence-electron chi connectivity index (χ1n) is 12.0. The van der Waals surface area contributed by atoms with Crippen LogP contribution in [0.2, 0.25) is 0 Å². The minimum absolute atomic E-state index is 0.116. The molecule has 1 aliphatic heterocycles. The molecule has 1 amide bonds. The molecule has 4 N–H and O–H groups in total. The van der Waals surface area contributed by atoms with Gasteiger partial charge in [-0.05, 0) is 42.8 Å². The van der Waals surface area contributed by atoms with Crippen molar-refractivity contribution in [2.24, 2.45) is 5.73 Å². The summed E-state index contributed by atoms with van der Waals surface area (Å²) < 4.78 is 9.91. The summed E-state index contributed by atoms with van der Waals surface area (Å²) in [5, 5.41) is 12.6. The van der Waals surface area contributed by atoms with Gasteiger partial charge in [-0.1, -0.05) is 36.4 Å². The number of fused-ring (bicyclic) bond motifs is 2. The highest BCUT2D eigenvalue weighted by molar-refractivity contribution is 6.06. The normalized spacial score (nSPS) is 16.0. The van der Waals surface area contributed by atoms with Gasteiger partial charge >= 0.3 is 0 Å². The Balaban J connectivity index is 1.52. The molecule has 1 aliphatic rings. The first-order valence-corrected chi connectivity index (χ1v) is 12.0. The Morgan fingerprint density at radius 2 is 2.00 bits per heavy atom. The standard InChI is InChI=1S/C27H27N7O2/c1-17-14-20-19(25(28)35)8-5-9-21(20)33(17)27-31-26(30-15-18-6-3-2-4-7-18)23-11-10-22(34(23)32-27)24-16-29-12-13-36-24/h2-11,14,24,29H,12-13,15-16H2,1H3,(H2,28,35)(H,30,31,32)/t24-/m0/s1. The third-order valence-corrected chi connectivity index (χ3v) is 6.58. The number of rotatable bonds is 6. The van der Waals surface area contributed by atoms with Gasteiger partial charge in [0.1, 0.15) is 11.6 Å². The summed E-state index contributed by atoms with van der Waals surface area (Å²) in [6.45, 7) is 4.78. The fraction of sp³-hybridized carbons (Fsp3) is 0.222. The van der Waals surface area contributed by atoms with Crippen LogP contribution in [0.25, 0.3) is 22.4 Å². The molecule has 6 rings (SSSR count). The number of hydrogen-bond acceptors (Lipinski definition) is 6. The predicted octanol–water partition coefficient (Wildman–Crippen LogP) is 3.35. The maximum absolute atomic E-state index is 12.1. The molecule has 0 radical (unpaired) electrons. The molecule has 0 unspecified atom stereocenters. The number of amides is 1. The molecule has 0 aliphatic carbocycles. The van der Waals surface area contributed by atoms with Crippen molar-refractivity contribution in [2.75, 3.05) is 25.0 Å². The highest BCUT2D eigenvalue weighted by Gasteiger charge is 2.23. The molecule has 1 atom stereocenters. The fourth-order valence-corrected chi connectivity index (χ4v) is 4.85. The smallest absolute Gasteiger partial charge is 0.254 e. The zero-order valence-corrected chi connectivity index (χ0v) is 19.9. The SMILES string of the molecule is Cc1cc2c(C(N)=O)cccc2n1-c1nc(NCc2ccccc2)c2ccc([C@@H]3CNCCO3)n2n1. The molecule has 0 spiro atoms. The van der Waals surface area contributed by atoms with Gasteiger partial charge in [0.05, 0.1) is 17.8 Å². The summed E-state index contributed by atoms with van der Waals surface area (Å²) in [7, 11) is 0. The van der Waals surface area contributed by atoms with E-state index in [4.69, 9.17) is 20.6 Å². The Kier molecular flexibility index (Phi) is 5.63. The third kappa shape index (κ3) is 3.88. The Hall–Kier alpha value is -4.21. The minimum atomic E-state index is -0.464. The molecule has 3 aromatic heterocycles. The van der Waals surface area contributed by atoms with Crippen LogP contribution in [0, 0.1) is 6.92 Å². The Labute approximate surface area is 207 Å². The second kappa shape index (κ2) is 9.10. The van der Waals surface area contributed by atoms with E-state index in [2.05, 4.69) is 22.8 Å². The van der Waals surface area contributed by atoms with Crippen molar-refractivity contribution in [3.8, 4) is 5.95 Å². The van der Waals surface area contributed by atoms with Crippen molar-refractivity contribution in [3.63, 3.8) is 0 Å². The summed E-state index contributed by atoms with van der Waals surface area (Å²) in [4.78, 5) is 17.0. The number of carbonyl (C=O) groups excluding carboxylic acids is 1. The van der Waals surface area contributed by atoms with E-state index in [1.165, 1.54) is 0 Å². The largest absolute Gasteiger partial charge is 0.369 e. The van der Waals surface area contributed by atoms with Crippen molar-refractivity contribution < 1.29 is 9.53 Å². The first kappa shape index (κ1) is 22.3. The average molecular weight is 482 g/mol. The van der Waals surface area contributed by atoms with Crippen molar-refractivity contribution in [1.29, 1.82) is 0 Å². The molecule has 5 aromatic rings. The van der Waals surface area contributed by atoms with Gasteiger partial charge in [0.15, 0.2) is 5.82 Å². The van der Waals surface area contributed by atoms with E-state index in [0.717, 1.165) is 39.9 Å². The second-order valence-corrected chi connectivity index (χ2v) is 8.94. The fourth-order valence-electron chi connectivity index (χ4n) is 4.85. The van der Waals surface area contributed by atoms with Gasteiger partial charge in [0, 0.05) is 36.3 Å². The highest BCUT2D eigenvalue weighted by Crippen LogP contribution is 2.29. The number of ether oxygens (including phenoxy) is 1. The van der Waals surface area contributed by atoms with Gasteiger partial charge < -0.3 is 21.1 Å². The number of primary amides is 1. The lowest BCUT2D eigenvalue weighted by Gasteiger charge is -2.23.